The van der Waals surface area contributed by atoms with Gasteiger partial charge in [-0.25, -0.2) is 4.79 Å². The van der Waals surface area contributed by atoms with Crippen LogP contribution in [0.2, 0.25) is 0 Å². The van der Waals surface area contributed by atoms with Gasteiger partial charge in [-0.2, -0.15) is 5.10 Å². The molecule has 2 heterocycles. The van der Waals surface area contributed by atoms with Gasteiger partial charge in [0.15, 0.2) is 5.69 Å². The van der Waals surface area contributed by atoms with E-state index >= 15 is 0 Å². The molecule has 0 saturated heterocycles. The highest BCUT2D eigenvalue weighted by Crippen LogP contribution is 2.07. The molecule has 2 aromatic rings. The Balaban J connectivity index is 2.23. The summed E-state index contributed by atoms with van der Waals surface area (Å²) in [5, 5.41) is 18.4. The molecule has 0 fully saturated rings. The summed E-state index contributed by atoms with van der Waals surface area (Å²) in [6.07, 6.45) is 1.68. The predicted molar refractivity (Wildman–Crippen MR) is 52.9 cm³/mol. The Bertz CT molecular complexity index is 477. The molecular weight excluding hydrogens is 216 g/mol. The highest BCUT2D eigenvalue weighted by Gasteiger charge is 2.12. The molecule has 0 spiro atoms. The summed E-state index contributed by atoms with van der Waals surface area (Å²) in [5.74, 6) is -1.01. The van der Waals surface area contributed by atoms with Crippen molar-refractivity contribution in [1.29, 1.82) is 0 Å². The first-order valence-electron chi connectivity index (χ1n) is 4.20. The number of aromatic carboxylic acids is 1. The number of hydrogen-bond acceptors (Lipinski definition) is 5. The van der Waals surface area contributed by atoms with Crippen molar-refractivity contribution in [1.82, 2.24) is 19.4 Å². The molecule has 0 aliphatic carbocycles. The lowest BCUT2D eigenvalue weighted by atomic mass is 10.3. The van der Waals surface area contributed by atoms with Crippen LogP contribution in [0.5, 0.6) is 0 Å². The third-order valence-electron chi connectivity index (χ3n) is 1.88. The van der Waals surface area contributed by atoms with Gasteiger partial charge in [0, 0.05) is 17.1 Å². The molecule has 0 unspecified atom stereocenters. The number of aryl methyl sites for hydroxylation is 1. The summed E-state index contributed by atoms with van der Waals surface area (Å²) >= 11 is 1.26. The average molecular weight is 224 g/mol. The van der Waals surface area contributed by atoms with Crippen LogP contribution in [0.3, 0.4) is 0 Å². The average Bonchev–Trinajstić information content (AvgIpc) is 2.75. The van der Waals surface area contributed by atoms with Gasteiger partial charge in [0.25, 0.3) is 0 Å². The lowest BCUT2D eigenvalue weighted by Crippen LogP contribution is -2.04. The maximum absolute atomic E-state index is 10.7. The maximum atomic E-state index is 10.7. The third-order valence-corrected chi connectivity index (χ3v) is 2.43. The van der Waals surface area contributed by atoms with Crippen LogP contribution in [0, 0.1) is 6.92 Å². The molecule has 0 aliphatic rings. The zero-order valence-corrected chi connectivity index (χ0v) is 8.73. The molecule has 15 heavy (non-hydrogen) atoms. The van der Waals surface area contributed by atoms with Crippen LogP contribution in [0.1, 0.15) is 21.7 Å². The Hall–Kier alpha value is -1.76. The van der Waals surface area contributed by atoms with Crippen molar-refractivity contribution in [2.75, 3.05) is 0 Å². The van der Waals surface area contributed by atoms with Gasteiger partial charge < -0.3 is 5.11 Å². The van der Waals surface area contributed by atoms with Gasteiger partial charge in [-0.15, -0.1) is 5.10 Å². The lowest BCUT2D eigenvalue weighted by molar-refractivity contribution is 0.0688. The number of rotatable bonds is 3. The standard InChI is InChI=1S/C8H8N4O2S/c1-5-2-12(10-7(5)8(13)14)3-6-4-15-11-9-6/h2,4H,3H2,1H3,(H,13,14). The molecule has 0 bridgehead atoms. The Morgan fingerprint density at radius 2 is 2.47 bits per heavy atom. The van der Waals surface area contributed by atoms with Crippen molar-refractivity contribution in [3.8, 4) is 0 Å². The lowest BCUT2D eigenvalue weighted by Gasteiger charge is -1.94. The van der Waals surface area contributed by atoms with Crippen LogP contribution >= 0.6 is 11.5 Å². The molecule has 0 aliphatic heterocycles. The quantitative estimate of drug-likeness (QED) is 0.833. The monoisotopic (exact) mass is 224 g/mol. The van der Waals surface area contributed by atoms with Crippen molar-refractivity contribution >= 4 is 17.5 Å². The smallest absolute Gasteiger partial charge is 0.356 e. The Kier molecular flexibility index (Phi) is 2.46. The van der Waals surface area contributed by atoms with Crippen molar-refractivity contribution in [3.63, 3.8) is 0 Å². The second-order valence-electron chi connectivity index (χ2n) is 3.06. The third kappa shape index (κ3) is 2.01. The zero-order chi connectivity index (χ0) is 10.8. The predicted octanol–water partition coefficient (Wildman–Crippen LogP) is 0.790. The van der Waals surface area contributed by atoms with Crippen LogP contribution in [0.4, 0.5) is 0 Å². The van der Waals surface area contributed by atoms with E-state index in [2.05, 4.69) is 14.7 Å². The second kappa shape index (κ2) is 3.77. The maximum Gasteiger partial charge on any atom is 0.356 e. The van der Waals surface area contributed by atoms with Gasteiger partial charge >= 0.3 is 5.97 Å². The number of carbonyl (C=O) groups is 1. The first kappa shape index (κ1) is 9.78. The number of aromatic nitrogens is 4. The summed E-state index contributed by atoms with van der Waals surface area (Å²) in [6.45, 7) is 2.16. The topological polar surface area (TPSA) is 80.9 Å². The molecule has 7 heteroatoms. The summed E-state index contributed by atoms with van der Waals surface area (Å²) in [4.78, 5) is 10.7. The fourth-order valence-corrected chi connectivity index (χ4v) is 1.67. The van der Waals surface area contributed by atoms with E-state index in [1.54, 1.807) is 23.2 Å². The van der Waals surface area contributed by atoms with Gasteiger partial charge in [-0.3, -0.25) is 4.68 Å². The molecular formula is C8H8N4O2S. The molecule has 2 rings (SSSR count). The fourth-order valence-electron chi connectivity index (χ4n) is 1.23. The molecule has 2 aromatic heterocycles. The van der Waals surface area contributed by atoms with Gasteiger partial charge in [-0.1, -0.05) is 4.49 Å². The Morgan fingerprint density at radius 1 is 1.67 bits per heavy atom. The SMILES string of the molecule is Cc1cn(Cc2csnn2)nc1C(=O)O. The van der Waals surface area contributed by atoms with Crippen LogP contribution in [0.25, 0.3) is 0 Å². The summed E-state index contributed by atoms with van der Waals surface area (Å²) in [6, 6.07) is 0. The van der Waals surface area contributed by atoms with E-state index in [9.17, 15) is 4.79 Å². The van der Waals surface area contributed by atoms with E-state index in [-0.39, 0.29) is 5.69 Å². The van der Waals surface area contributed by atoms with Crippen LogP contribution < -0.4 is 0 Å². The normalized spacial score (nSPS) is 10.5. The molecule has 0 saturated carbocycles. The molecule has 6 nitrogen and oxygen atoms in total. The van der Waals surface area contributed by atoms with E-state index in [1.807, 2.05) is 0 Å². The summed E-state index contributed by atoms with van der Waals surface area (Å²) < 4.78 is 5.27. The molecule has 0 amide bonds. The van der Waals surface area contributed by atoms with E-state index < -0.39 is 5.97 Å². The first-order chi connectivity index (χ1) is 7.16. The molecule has 78 valence electrons. The van der Waals surface area contributed by atoms with Crippen LogP contribution in [0.15, 0.2) is 11.6 Å². The van der Waals surface area contributed by atoms with Crippen molar-refractivity contribution in [2.45, 2.75) is 13.5 Å². The molecule has 1 N–H and O–H groups in total. The van der Waals surface area contributed by atoms with Gasteiger partial charge in [0.2, 0.25) is 0 Å². The largest absolute Gasteiger partial charge is 0.476 e. The zero-order valence-electron chi connectivity index (χ0n) is 7.91. The van der Waals surface area contributed by atoms with Gasteiger partial charge in [-0.05, 0) is 18.5 Å². The number of hydrogen-bond donors (Lipinski definition) is 1. The van der Waals surface area contributed by atoms with Crippen molar-refractivity contribution in [3.05, 3.63) is 28.5 Å². The van der Waals surface area contributed by atoms with E-state index in [0.29, 0.717) is 12.1 Å². The summed E-state index contributed by atoms with van der Waals surface area (Å²) in [5.41, 5.74) is 1.50. The number of carboxylic acid groups (broad SMARTS) is 1. The minimum atomic E-state index is -1.01. The summed E-state index contributed by atoms with van der Waals surface area (Å²) in [7, 11) is 0. The Labute approximate surface area is 89.3 Å². The van der Waals surface area contributed by atoms with Crippen LogP contribution in [-0.4, -0.2) is 30.4 Å². The Morgan fingerprint density at radius 3 is 3.00 bits per heavy atom. The molecule has 0 atom stereocenters. The van der Waals surface area contributed by atoms with E-state index in [4.69, 9.17) is 5.11 Å². The van der Waals surface area contributed by atoms with Gasteiger partial charge in [0.1, 0.15) is 0 Å². The minimum Gasteiger partial charge on any atom is -0.476 e. The number of nitrogens with zero attached hydrogens (tertiary/aromatic N) is 4. The van der Waals surface area contributed by atoms with Gasteiger partial charge in [0.05, 0.1) is 12.2 Å². The van der Waals surface area contributed by atoms with E-state index in [0.717, 1.165) is 5.69 Å². The second-order valence-corrected chi connectivity index (χ2v) is 3.67. The minimum absolute atomic E-state index is 0.0817. The fraction of sp³-hybridized carbons (Fsp3) is 0.250. The van der Waals surface area contributed by atoms with Crippen LogP contribution in [-0.2, 0) is 6.54 Å². The highest BCUT2D eigenvalue weighted by molar-refractivity contribution is 7.03. The number of carboxylic acids is 1. The first-order valence-corrected chi connectivity index (χ1v) is 5.04. The molecule has 0 aromatic carbocycles. The van der Waals surface area contributed by atoms with Crippen molar-refractivity contribution < 1.29 is 9.90 Å². The highest BCUT2D eigenvalue weighted by atomic mass is 32.1. The van der Waals surface area contributed by atoms with Crippen molar-refractivity contribution in [2.24, 2.45) is 0 Å². The molecule has 0 radical (unpaired) electrons. The van der Waals surface area contributed by atoms with E-state index in [1.165, 1.54) is 11.5 Å².